The predicted octanol–water partition coefficient (Wildman–Crippen LogP) is 3.59. The maximum absolute atomic E-state index is 12.8. The zero-order chi connectivity index (χ0) is 25.2. The van der Waals surface area contributed by atoms with Gasteiger partial charge in [0.05, 0.1) is 11.9 Å². The largest absolute Gasteiger partial charge is 0.508 e. The number of hydrogen-bond donors (Lipinski definition) is 3. The summed E-state index contributed by atoms with van der Waals surface area (Å²) in [6.45, 7) is 0. The molecule has 3 N–H and O–H groups in total. The third kappa shape index (κ3) is 5.10. The summed E-state index contributed by atoms with van der Waals surface area (Å²) in [6.07, 6.45) is 3.51. The molecule has 0 unspecified atom stereocenters. The fourth-order valence-electron chi connectivity index (χ4n) is 4.85. The number of carbonyl (C=O) groups is 1. The van der Waals surface area contributed by atoms with E-state index in [1.54, 1.807) is 6.07 Å². The summed E-state index contributed by atoms with van der Waals surface area (Å²) in [5.74, 6) is 1.36. The van der Waals surface area contributed by atoms with Gasteiger partial charge in [0.2, 0.25) is 11.9 Å². The van der Waals surface area contributed by atoms with E-state index in [1.807, 2.05) is 43.3 Å². The van der Waals surface area contributed by atoms with Gasteiger partial charge in [-0.1, -0.05) is 12.1 Å². The van der Waals surface area contributed by atoms with Crippen molar-refractivity contribution in [2.75, 3.05) is 24.3 Å². The molecule has 9 heteroatoms. The normalized spacial score (nSPS) is 17.7. The summed E-state index contributed by atoms with van der Waals surface area (Å²) in [5.41, 5.74) is 1.21. The Balaban J connectivity index is 1.20. The number of aromatic nitrogens is 2. The summed E-state index contributed by atoms with van der Waals surface area (Å²) in [5, 5.41) is 17.9. The Morgan fingerprint density at radius 2 is 1.78 bits per heavy atom. The number of nitrogens with zero attached hydrogens (tertiary/aromatic N) is 3. The third-order valence-corrected chi connectivity index (χ3v) is 6.60. The molecule has 1 saturated carbocycles. The van der Waals surface area contributed by atoms with Crippen molar-refractivity contribution in [3.8, 4) is 5.75 Å². The molecule has 5 rings (SSSR count). The van der Waals surface area contributed by atoms with Crippen LogP contribution in [0.2, 0.25) is 0 Å². The van der Waals surface area contributed by atoms with E-state index in [2.05, 4.69) is 10.6 Å². The molecule has 186 valence electrons. The third-order valence-electron chi connectivity index (χ3n) is 6.60. The zero-order valence-electron chi connectivity index (χ0n) is 20.3. The maximum atomic E-state index is 12.8. The van der Waals surface area contributed by atoms with Crippen LogP contribution < -0.4 is 21.2 Å². The summed E-state index contributed by atoms with van der Waals surface area (Å²) in [4.78, 5) is 36.1. The van der Waals surface area contributed by atoms with Gasteiger partial charge in [-0.15, -0.1) is 0 Å². The number of para-hydroxylation sites is 1. The number of hydrogen-bond acceptors (Lipinski definition) is 8. The number of nitrogens with one attached hydrogen (secondary N) is 2. The lowest BCUT2D eigenvalue weighted by atomic mass is 9.91. The van der Waals surface area contributed by atoms with Gasteiger partial charge < -0.3 is 25.1 Å². The molecule has 1 aliphatic carbocycles. The Hall–Kier alpha value is -4.14. The second-order valence-electron chi connectivity index (χ2n) is 9.49. The van der Waals surface area contributed by atoms with E-state index >= 15 is 0 Å². The Kier molecular flexibility index (Phi) is 6.45. The average molecular weight is 488 g/mol. The van der Waals surface area contributed by atoms with Crippen LogP contribution in [0.3, 0.4) is 0 Å². The number of anilines is 2. The first-order valence-electron chi connectivity index (χ1n) is 12.1. The van der Waals surface area contributed by atoms with E-state index < -0.39 is 5.63 Å². The van der Waals surface area contributed by atoms with Gasteiger partial charge in [-0.05, 0) is 55.5 Å². The highest BCUT2D eigenvalue weighted by Gasteiger charge is 2.24. The molecule has 0 radical (unpaired) electrons. The van der Waals surface area contributed by atoms with Crippen LogP contribution in [-0.2, 0) is 11.2 Å². The summed E-state index contributed by atoms with van der Waals surface area (Å²) >= 11 is 0. The van der Waals surface area contributed by atoms with Crippen molar-refractivity contribution >= 4 is 39.5 Å². The van der Waals surface area contributed by atoms with Crippen LogP contribution in [0.25, 0.3) is 21.9 Å². The van der Waals surface area contributed by atoms with Crippen molar-refractivity contribution in [2.45, 2.75) is 44.2 Å². The molecule has 0 spiro atoms. The van der Waals surface area contributed by atoms with Gasteiger partial charge in [0.15, 0.2) is 0 Å². The van der Waals surface area contributed by atoms with Crippen LogP contribution in [0.1, 0.15) is 31.2 Å². The summed E-state index contributed by atoms with van der Waals surface area (Å²) in [6, 6.07) is 14.2. The molecule has 2 aromatic heterocycles. The van der Waals surface area contributed by atoms with E-state index in [4.69, 9.17) is 14.4 Å². The summed E-state index contributed by atoms with van der Waals surface area (Å²) in [7, 11) is 3.95. The smallest absolute Gasteiger partial charge is 0.336 e. The topological polar surface area (TPSA) is 121 Å². The molecular weight excluding hydrogens is 458 g/mol. The molecule has 0 saturated heterocycles. The average Bonchev–Trinajstić information content (AvgIpc) is 2.84. The maximum Gasteiger partial charge on any atom is 0.336 e. The van der Waals surface area contributed by atoms with Crippen molar-refractivity contribution in [1.29, 1.82) is 0 Å². The first-order valence-corrected chi connectivity index (χ1v) is 12.1. The highest BCUT2D eigenvalue weighted by molar-refractivity contribution is 5.90. The molecule has 2 heterocycles. The molecule has 1 amide bonds. The lowest BCUT2D eigenvalue weighted by Crippen LogP contribution is -2.41. The summed E-state index contributed by atoms with van der Waals surface area (Å²) < 4.78 is 5.15. The second kappa shape index (κ2) is 9.85. The SMILES string of the molecule is CN(C)c1nc(NC2CCC(NC(=O)Cc3cc(=O)oc4cc(O)ccc34)CC2)nc2ccccc12. The number of amides is 1. The van der Waals surface area contributed by atoms with Crippen LogP contribution >= 0.6 is 0 Å². The number of fused-ring (bicyclic) bond motifs is 2. The molecule has 0 atom stereocenters. The Morgan fingerprint density at radius 1 is 1.03 bits per heavy atom. The molecule has 0 bridgehead atoms. The Morgan fingerprint density at radius 3 is 2.56 bits per heavy atom. The van der Waals surface area contributed by atoms with Crippen molar-refractivity contribution in [2.24, 2.45) is 0 Å². The van der Waals surface area contributed by atoms with Crippen LogP contribution in [-0.4, -0.2) is 47.2 Å². The molecule has 2 aromatic carbocycles. The number of aromatic hydroxyl groups is 1. The van der Waals surface area contributed by atoms with Crippen LogP contribution in [0.4, 0.5) is 11.8 Å². The minimum atomic E-state index is -0.546. The fourth-order valence-corrected chi connectivity index (χ4v) is 4.85. The van der Waals surface area contributed by atoms with Gasteiger partial charge in [0.25, 0.3) is 0 Å². The first kappa shape index (κ1) is 23.6. The molecule has 1 fully saturated rings. The van der Waals surface area contributed by atoms with Gasteiger partial charge in [0.1, 0.15) is 17.2 Å². The van der Waals surface area contributed by atoms with E-state index in [0.717, 1.165) is 42.4 Å². The number of carbonyl (C=O) groups excluding carboxylic acids is 1. The molecular formula is C27H29N5O4. The molecule has 1 aliphatic rings. The standard InChI is InChI=1S/C27H29N5O4/c1-32(2)26-21-5-3-4-6-22(21)30-27(31-26)29-18-9-7-17(8-10-18)28-24(34)13-16-14-25(35)36-23-15-19(33)11-12-20(16)23/h3-6,11-12,14-15,17-18,33H,7-10,13H2,1-2H3,(H,28,34)(H,29,30,31). The van der Waals surface area contributed by atoms with Crippen molar-refractivity contribution in [3.63, 3.8) is 0 Å². The van der Waals surface area contributed by atoms with Gasteiger partial charge in [-0.25, -0.2) is 9.78 Å². The highest BCUT2D eigenvalue weighted by atomic mass is 16.4. The van der Waals surface area contributed by atoms with Crippen LogP contribution in [0, 0.1) is 0 Å². The lowest BCUT2D eigenvalue weighted by Gasteiger charge is -2.30. The molecule has 9 nitrogen and oxygen atoms in total. The highest BCUT2D eigenvalue weighted by Crippen LogP contribution is 2.27. The first-order chi connectivity index (χ1) is 17.4. The van der Waals surface area contributed by atoms with E-state index in [0.29, 0.717) is 16.9 Å². The number of phenolic OH excluding ortho intramolecular Hbond substituents is 1. The minimum Gasteiger partial charge on any atom is -0.508 e. The number of benzene rings is 2. The van der Waals surface area contributed by atoms with Crippen molar-refractivity contribution in [3.05, 3.63) is 64.5 Å². The molecule has 0 aliphatic heterocycles. The molecule has 4 aromatic rings. The van der Waals surface area contributed by atoms with Gasteiger partial charge in [0, 0.05) is 49.1 Å². The van der Waals surface area contributed by atoms with Crippen molar-refractivity contribution < 1.29 is 14.3 Å². The number of phenols is 1. The van der Waals surface area contributed by atoms with Gasteiger partial charge in [-0.3, -0.25) is 4.79 Å². The van der Waals surface area contributed by atoms with Crippen molar-refractivity contribution in [1.82, 2.24) is 15.3 Å². The fraction of sp³-hybridized carbons (Fsp3) is 0.333. The van der Waals surface area contributed by atoms with Crippen LogP contribution in [0.5, 0.6) is 5.75 Å². The van der Waals surface area contributed by atoms with Crippen LogP contribution in [0.15, 0.2) is 57.7 Å². The van der Waals surface area contributed by atoms with Gasteiger partial charge in [-0.2, -0.15) is 4.98 Å². The number of rotatable bonds is 6. The monoisotopic (exact) mass is 487 g/mol. The molecule has 36 heavy (non-hydrogen) atoms. The predicted molar refractivity (Wildman–Crippen MR) is 140 cm³/mol. The second-order valence-corrected chi connectivity index (χ2v) is 9.49. The van der Waals surface area contributed by atoms with Gasteiger partial charge >= 0.3 is 5.63 Å². The van der Waals surface area contributed by atoms with E-state index in [1.165, 1.54) is 18.2 Å². The Bertz CT molecular complexity index is 1470. The minimum absolute atomic E-state index is 0.00430. The van der Waals surface area contributed by atoms with E-state index in [9.17, 15) is 14.7 Å². The zero-order valence-corrected chi connectivity index (χ0v) is 20.3. The quantitative estimate of drug-likeness (QED) is 0.353. The Labute approximate surface area is 208 Å². The van der Waals surface area contributed by atoms with E-state index in [-0.39, 0.29) is 35.7 Å². The lowest BCUT2D eigenvalue weighted by molar-refractivity contribution is -0.121.